The van der Waals surface area contributed by atoms with E-state index in [1.165, 1.54) is 0 Å². The van der Waals surface area contributed by atoms with E-state index < -0.39 is 6.09 Å². The molecule has 0 bridgehead atoms. The number of carbonyl (C=O) groups is 2. The van der Waals surface area contributed by atoms with Gasteiger partial charge in [0.2, 0.25) is 0 Å². The van der Waals surface area contributed by atoms with Crippen molar-refractivity contribution in [1.29, 1.82) is 0 Å². The Morgan fingerprint density at radius 3 is 2.15 bits per heavy atom. The lowest BCUT2D eigenvalue weighted by atomic mass is 9.91. The first-order valence-corrected chi connectivity index (χ1v) is 6.71. The highest BCUT2D eigenvalue weighted by Crippen LogP contribution is 2.19. The Kier molecular flexibility index (Phi) is 4.45. The summed E-state index contributed by atoms with van der Waals surface area (Å²) in [5, 5.41) is 14.1. The molecular weight excluding hydrogens is 258 g/mol. The van der Waals surface area contributed by atoms with Crippen LogP contribution in [0.25, 0.3) is 0 Å². The second kappa shape index (κ2) is 6.27. The maximum atomic E-state index is 12.1. The Labute approximate surface area is 117 Å². The Balaban J connectivity index is 1.85. The number of nitrogens with one attached hydrogen (secondary N) is 2. The molecule has 0 saturated heterocycles. The molecule has 0 heterocycles. The third-order valence-corrected chi connectivity index (χ3v) is 3.60. The van der Waals surface area contributed by atoms with Crippen LogP contribution in [0.3, 0.4) is 0 Å². The zero-order chi connectivity index (χ0) is 14.5. The fourth-order valence-electron chi connectivity index (χ4n) is 2.52. The van der Waals surface area contributed by atoms with Gasteiger partial charge in [0.05, 0.1) is 5.56 Å². The van der Waals surface area contributed by atoms with Crippen LogP contribution in [-0.2, 0) is 0 Å². The van der Waals surface area contributed by atoms with Crippen molar-refractivity contribution >= 4 is 17.7 Å². The summed E-state index contributed by atoms with van der Waals surface area (Å²) in [4.78, 5) is 22.6. The summed E-state index contributed by atoms with van der Waals surface area (Å²) in [6, 6.07) is 7.02. The van der Waals surface area contributed by atoms with E-state index in [0.29, 0.717) is 11.3 Å². The van der Waals surface area contributed by atoms with Crippen LogP contribution >= 0.6 is 0 Å². The lowest BCUT2D eigenvalue weighted by Crippen LogP contribution is -2.43. The van der Waals surface area contributed by atoms with Crippen molar-refractivity contribution in [3.8, 4) is 0 Å². The van der Waals surface area contributed by atoms with E-state index in [9.17, 15) is 9.59 Å². The number of rotatable bonds is 3. The topological polar surface area (TPSA) is 104 Å². The van der Waals surface area contributed by atoms with Gasteiger partial charge in [0.25, 0.3) is 5.91 Å². The van der Waals surface area contributed by atoms with Gasteiger partial charge in [-0.15, -0.1) is 0 Å². The van der Waals surface area contributed by atoms with E-state index >= 15 is 0 Å². The number of carboxylic acid groups (broad SMARTS) is 1. The van der Waals surface area contributed by atoms with Gasteiger partial charge in [0.1, 0.15) is 0 Å². The van der Waals surface area contributed by atoms with E-state index in [0.717, 1.165) is 25.7 Å². The van der Waals surface area contributed by atoms with Crippen LogP contribution in [0.5, 0.6) is 0 Å². The fourth-order valence-corrected chi connectivity index (χ4v) is 2.52. The maximum absolute atomic E-state index is 12.1. The standard InChI is InChI=1S/C14H19N3O3/c15-12-4-2-1-3-11(12)13(18)16-9-5-7-10(8-6-9)17-14(19)20/h1-4,9-10,17H,5-8,15H2,(H,16,18)(H,19,20). The van der Waals surface area contributed by atoms with Gasteiger partial charge in [-0.2, -0.15) is 0 Å². The lowest BCUT2D eigenvalue weighted by molar-refractivity contribution is 0.0924. The highest BCUT2D eigenvalue weighted by atomic mass is 16.4. The average Bonchev–Trinajstić information content (AvgIpc) is 2.41. The quantitative estimate of drug-likeness (QED) is 0.629. The smallest absolute Gasteiger partial charge is 0.404 e. The molecule has 6 heteroatoms. The first-order valence-electron chi connectivity index (χ1n) is 6.71. The van der Waals surface area contributed by atoms with Crippen molar-refractivity contribution in [2.75, 3.05) is 5.73 Å². The number of amides is 2. The highest BCUT2D eigenvalue weighted by Gasteiger charge is 2.24. The lowest BCUT2D eigenvalue weighted by Gasteiger charge is -2.29. The summed E-state index contributed by atoms with van der Waals surface area (Å²) >= 11 is 0. The van der Waals surface area contributed by atoms with Crippen LogP contribution in [-0.4, -0.2) is 29.2 Å². The SMILES string of the molecule is Nc1ccccc1C(=O)NC1CCC(NC(=O)O)CC1. The molecule has 0 unspecified atom stereocenters. The van der Waals surface area contributed by atoms with Crippen molar-refractivity contribution in [2.24, 2.45) is 0 Å². The number of anilines is 1. The first kappa shape index (κ1) is 14.2. The van der Waals surface area contributed by atoms with Crippen LogP contribution in [0.4, 0.5) is 10.5 Å². The monoisotopic (exact) mass is 277 g/mol. The first-order chi connectivity index (χ1) is 9.56. The van der Waals surface area contributed by atoms with Gasteiger partial charge in [0, 0.05) is 17.8 Å². The summed E-state index contributed by atoms with van der Waals surface area (Å²) < 4.78 is 0. The Morgan fingerprint density at radius 2 is 1.60 bits per heavy atom. The Bertz CT molecular complexity index is 496. The number of benzene rings is 1. The zero-order valence-electron chi connectivity index (χ0n) is 11.1. The Hall–Kier alpha value is -2.24. The minimum Gasteiger partial charge on any atom is -0.465 e. The number of hydrogen-bond donors (Lipinski definition) is 4. The maximum Gasteiger partial charge on any atom is 0.404 e. The van der Waals surface area contributed by atoms with Crippen molar-refractivity contribution < 1.29 is 14.7 Å². The molecule has 20 heavy (non-hydrogen) atoms. The van der Waals surface area contributed by atoms with Gasteiger partial charge in [-0.1, -0.05) is 12.1 Å². The summed E-state index contributed by atoms with van der Waals surface area (Å²) in [6.45, 7) is 0. The average molecular weight is 277 g/mol. The van der Waals surface area contributed by atoms with E-state index in [1.54, 1.807) is 24.3 Å². The molecule has 1 aliphatic rings. The predicted molar refractivity (Wildman–Crippen MR) is 75.5 cm³/mol. The molecule has 2 amide bonds. The molecule has 1 aliphatic carbocycles. The largest absolute Gasteiger partial charge is 0.465 e. The van der Waals surface area contributed by atoms with Crippen LogP contribution in [0.15, 0.2) is 24.3 Å². The number of hydrogen-bond acceptors (Lipinski definition) is 3. The van der Waals surface area contributed by atoms with Crippen molar-refractivity contribution in [3.63, 3.8) is 0 Å². The molecular formula is C14H19N3O3. The van der Waals surface area contributed by atoms with Gasteiger partial charge in [-0.25, -0.2) is 4.79 Å². The summed E-state index contributed by atoms with van der Waals surface area (Å²) in [7, 11) is 0. The van der Waals surface area contributed by atoms with E-state index in [1.807, 2.05) is 0 Å². The molecule has 0 atom stereocenters. The fraction of sp³-hybridized carbons (Fsp3) is 0.429. The molecule has 0 aliphatic heterocycles. The molecule has 0 aromatic heterocycles. The third-order valence-electron chi connectivity index (χ3n) is 3.60. The molecule has 5 N–H and O–H groups in total. The molecule has 108 valence electrons. The van der Waals surface area contributed by atoms with Gasteiger partial charge < -0.3 is 21.5 Å². The van der Waals surface area contributed by atoms with Crippen molar-refractivity contribution in [3.05, 3.63) is 29.8 Å². The van der Waals surface area contributed by atoms with Crippen LogP contribution < -0.4 is 16.4 Å². The molecule has 1 saturated carbocycles. The van der Waals surface area contributed by atoms with Crippen LogP contribution in [0.2, 0.25) is 0 Å². The zero-order valence-corrected chi connectivity index (χ0v) is 11.1. The van der Waals surface area contributed by atoms with Crippen molar-refractivity contribution in [1.82, 2.24) is 10.6 Å². The van der Waals surface area contributed by atoms with Gasteiger partial charge in [-0.05, 0) is 37.8 Å². The molecule has 1 aromatic carbocycles. The van der Waals surface area contributed by atoms with Gasteiger partial charge in [-0.3, -0.25) is 4.79 Å². The number of carbonyl (C=O) groups excluding carboxylic acids is 1. The predicted octanol–water partition coefficient (Wildman–Crippen LogP) is 1.58. The van der Waals surface area contributed by atoms with Crippen LogP contribution in [0.1, 0.15) is 36.0 Å². The van der Waals surface area contributed by atoms with E-state index in [-0.39, 0.29) is 18.0 Å². The number of nitrogen functional groups attached to an aromatic ring is 1. The second-order valence-corrected chi connectivity index (χ2v) is 5.06. The normalized spacial score (nSPS) is 22.0. The van der Waals surface area contributed by atoms with Crippen LogP contribution in [0, 0.1) is 0 Å². The number of para-hydroxylation sites is 1. The molecule has 0 radical (unpaired) electrons. The highest BCUT2D eigenvalue weighted by molar-refractivity contribution is 5.99. The Morgan fingerprint density at radius 1 is 1.05 bits per heavy atom. The summed E-state index contributed by atoms with van der Waals surface area (Å²) in [6.07, 6.45) is 2.02. The summed E-state index contributed by atoms with van der Waals surface area (Å²) in [5.74, 6) is -0.169. The molecule has 1 fully saturated rings. The molecule has 1 aromatic rings. The molecule has 2 rings (SSSR count). The van der Waals surface area contributed by atoms with E-state index in [4.69, 9.17) is 10.8 Å². The minimum absolute atomic E-state index is 0.0116. The molecule has 6 nitrogen and oxygen atoms in total. The molecule has 0 spiro atoms. The number of nitrogens with two attached hydrogens (primary N) is 1. The third kappa shape index (κ3) is 3.63. The van der Waals surface area contributed by atoms with Gasteiger partial charge in [0.15, 0.2) is 0 Å². The van der Waals surface area contributed by atoms with E-state index in [2.05, 4.69) is 10.6 Å². The second-order valence-electron chi connectivity index (χ2n) is 5.06. The van der Waals surface area contributed by atoms with Gasteiger partial charge >= 0.3 is 6.09 Å². The minimum atomic E-state index is -0.991. The summed E-state index contributed by atoms with van der Waals surface area (Å²) in [5.41, 5.74) is 6.72. The van der Waals surface area contributed by atoms with Crippen molar-refractivity contribution in [2.45, 2.75) is 37.8 Å².